The quantitative estimate of drug-likeness (QED) is 0.606. The van der Waals surface area contributed by atoms with Crippen molar-refractivity contribution in [1.29, 1.82) is 0 Å². The van der Waals surface area contributed by atoms with Gasteiger partial charge in [-0.2, -0.15) is 0 Å². The summed E-state index contributed by atoms with van der Waals surface area (Å²) in [5.74, 6) is 2.83. The van der Waals surface area contributed by atoms with Crippen molar-refractivity contribution in [3.63, 3.8) is 0 Å². The molecule has 0 N–H and O–H groups in total. The van der Waals surface area contributed by atoms with E-state index in [1.165, 1.54) is 19.3 Å². The van der Waals surface area contributed by atoms with Gasteiger partial charge in [0.25, 0.3) is 0 Å². The first-order valence-electron chi connectivity index (χ1n) is 7.03. The number of hydrogen-bond acceptors (Lipinski definition) is 1. The first kappa shape index (κ1) is 8.97. The Morgan fingerprint density at radius 3 is 2.50 bits per heavy atom. The molecule has 1 saturated heterocycles. The molecule has 1 spiro atoms. The van der Waals surface area contributed by atoms with Crippen LogP contribution in [0, 0.1) is 34.0 Å². The number of ether oxygens (including phenoxy) is 1. The van der Waals surface area contributed by atoms with Crippen LogP contribution in [-0.4, -0.2) is 11.7 Å². The maximum Gasteiger partial charge on any atom is 0.0776 e. The third kappa shape index (κ3) is 0.508. The molecule has 1 heterocycles. The highest BCUT2D eigenvalue weighted by Crippen LogP contribution is 2.92. The van der Waals surface area contributed by atoms with Gasteiger partial charge < -0.3 is 4.74 Å². The van der Waals surface area contributed by atoms with E-state index in [0.29, 0.717) is 22.3 Å². The molecular formula is C15H22O. The molecule has 0 aromatic carbocycles. The van der Waals surface area contributed by atoms with Gasteiger partial charge in [-0.1, -0.05) is 20.8 Å². The molecule has 88 valence electrons. The first-order valence-corrected chi connectivity index (χ1v) is 7.03. The summed E-state index contributed by atoms with van der Waals surface area (Å²) in [7, 11) is 0. The molecule has 1 aliphatic heterocycles. The summed E-state index contributed by atoms with van der Waals surface area (Å²) in [6, 6.07) is 0. The predicted molar refractivity (Wildman–Crippen MR) is 61.9 cm³/mol. The summed E-state index contributed by atoms with van der Waals surface area (Å²) < 4.78 is 6.28. The van der Waals surface area contributed by atoms with E-state index in [2.05, 4.69) is 27.7 Å². The van der Waals surface area contributed by atoms with Gasteiger partial charge in [0, 0.05) is 11.3 Å². The van der Waals surface area contributed by atoms with Crippen LogP contribution in [0.4, 0.5) is 0 Å². The maximum atomic E-state index is 6.28. The SMILES string of the molecule is CC1(C)C[C@@H]2[C@@]3(C[C@H]4[C@H]5O[C@@](C)([C@H]53)[C@@]24C)C1. The molecule has 1 nitrogen and oxygen atoms in total. The lowest BCUT2D eigenvalue weighted by Gasteiger charge is -2.49. The Morgan fingerprint density at radius 2 is 1.81 bits per heavy atom. The van der Waals surface area contributed by atoms with E-state index >= 15 is 0 Å². The van der Waals surface area contributed by atoms with E-state index in [1.54, 1.807) is 0 Å². The molecule has 0 aromatic heterocycles. The fraction of sp³-hybridized carbons (Fsp3) is 1.00. The summed E-state index contributed by atoms with van der Waals surface area (Å²) in [6.45, 7) is 9.98. The molecule has 0 unspecified atom stereocenters. The van der Waals surface area contributed by atoms with Gasteiger partial charge in [-0.25, -0.2) is 0 Å². The van der Waals surface area contributed by atoms with Gasteiger partial charge in [-0.05, 0) is 48.9 Å². The van der Waals surface area contributed by atoms with Crippen LogP contribution in [0.5, 0.6) is 0 Å². The fourth-order valence-corrected chi connectivity index (χ4v) is 7.69. The Balaban J connectivity index is 1.76. The normalized spacial score (nSPS) is 75.8. The predicted octanol–water partition coefficient (Wildman–Crippen LogP) is 3.24. The van der Waals surface area contributed by atoms with Crippen LogP contribution in [0.2, 0.25) is 0 Å². The molecule has 6 rings (SSSR count). The van der Waals surface area contributed by atoms with Crippen molar-refractivity contribution < 1.29 is 4.74 Å². The lowest BCUT2D eigenvalue weighted by Crippen LogP contribution is -2.54. The lowest BCUT2D eigenvalue weighted by atomic mass is 9.66. The number of rotatable bonds is 0. The Bertz CT molecular complexity index is 427. The molecule has 6 aliphatic rings. The Labute approximate surface area is 97.9 Å². The van der Waals surface area contributed by atoms with Gasteiger partial charge in [-0.3, -0.25) is 0 Å². The second-order valence-electron chi connectivity index (χ2n) is 8.59. The topological polar surface area (TPSA) is 9.23 Å². The minimum Gasteiger partial charge on any atom is -0.370 e. The fourth-order valence-electron chi connectivity index (χ4n) is 7.69. The van der Waals surface area contributed by atoms with E-state index in [0.717, 1.165) is 17.8 Å². The van der Waals surface area contributed by atoms with Crippen molar-refractivity contribution in [1.82, 2.24) is 0 Å². The second kappa shape index (κ2) is 1.83. The zero-order valence-electron chi connectivity index (χ0n) is 10.8. The third-order valence-electron chi connectivity index (χ3n) is 7.74. The van der Waals surface area contributed by atoms with Crippen LogP contribution in [0.25, 0.3) is 0 Å². The maximum absolute atomic E-state index is 6.28. The first-order chi connectivity index (χ1) is 7.35. The van der Waals surface area contributed by atoms with Crippen molar-refractivity contribution in [2.24, 2.45) is 34.0 Å². The van der Waals surface area contributed by atoms with Gasteiger partial charge in [-0.15, -0.1) is 0 Å². The number of hydrogen-bond donors (Lipinski definition) is 0. The third-order valence-corrected chi connectivity index (χ3v) is 7.74. The molecule has 0 radical (unpaired) electrons. The molecule has 5 aliphatic carbocycles. The van der Waals surface area contributed by atoms with E-state index in [1.807, 2.05) is 0 Å². The minimum absolute atomic E-state index is 0.280. The van der Waals surface area contributed by atoms with E-state index in [-0.39, 0.29) is 5.60 Å². The van der Waals surface area contributed by atoms with Gasteiger partial charge in [0.1, 0.15) is 0 Å². The highest BCUT2D eigenvalue weighted by molar-refractivity contribution is 5.41. The van der Waals surface area contributed by atoms with Crippen LogP contribution in [0.3, 0.4) is 0 Å². The Morgan fingerprint density at radius 1 is 1.06 bits per heavy atom. The average Bonchev–Trinajstić information content (AvgIpc) is 2.72. The van der Waals surface area contributed by atoms with E-state index in [4.69, 9.17) is 4.74 Å². The summed E-state index contributed by atoms with van der Waals surface area (Å²) in [5.41, 5.74) is 2.13. The molecule has 6 fully saturated rings. The monoisotopic (exact) mass is 218 g/mol. The molecule has 0 aromatic rings. The van der Waals surface area contributed by atoms with Gasteiger partial charge in [0.05, 0.1) is 11.7 Å². The van der Waals surface area contributed by atoms with Crippen LogP contribution in [0.1, 0.15) is 47.0 Å². The molecule has 7 atom stereocenters. The van der Waals surface area contributed by atoms with Crippen molar-refractivity contribution >= 4 is 0 Å². The van der Waals surface area contributed by atoms with E-state index < -0.39 is 0 Å². The van der Waals surface area contributed by atoms with Crippen LogP contribution in [0.15, 0.2) is 0 Å². The van der Waals surface area contributed by atoms with Gasteiger partial charge >= 0.3 is 0 Å². The molecule has 0 amide bonds. The largest absolute Gasteiger partial charge is 0.370 e. The Kier molecular flexibility index (Phi) is 1.02. The molecular weight excluding hydrogens is 196 g/mol. The second-order valence-corrected chi connectivity index (χ2v) is 8.59. The minimum atomic E-state index is 0.280. The Hall–Kier alpha value is -0.0400. The smallest absolute Gasteiger partial charge is 0.0776 e. The zero-order chi connectivity index (χ0) is 11.1. The lowest BCUT2D eigenvalue weighted by molar-refractivity contribution is -0.221. The van der Waals surface area contributed by atoms with E-state index in [9.17, 15) is 0 Å². The van der Waals surface area contributed by atoms with Crippen LogP contribution in [-0.2, 0) is 4.74 Å². The van der Waals surface area contributed by atoms with Crippen molar-refractivity contribution in [3.8, 4) is 0 Å². The summed E-state index contributed by atoms with van der Waals surface area (Å²) in [6.07, 6.45) is 5.11. The zero-order valence-corrected chi connectivity index (χ0v) is 10.8. The summed E-state index contributed by atoms with van der Waals surface area (Å²) in [4.78, 5) is 0. The molecule has 1 heteroatoms. The van der Waals surface area contributed by atoms with Crippen LogP contribution >= 0.6 is 0 Å². The van der Waals surface area contributed by atoms with Crippen molar-refractivity contribution in [2.75, 3.05) is 0 Å². The standard InChI is InChI=1S/C15H22O/c1-12(2)6-9-13(3)8-5-15(9,7-12)11-10(8)16-14(11,13)4/h8-11H,5-7H2,1-4H3/t8-,9-,10+,11-,13+,14-,15+/m0/s1. The van der Waals surface area contributed by atoms with Crippen LogP contribution < -0.4 is 0 Å². The summed E-state index contributed by atoms with van der Waals surface area (Å²) in [5, 5.41) is 0. The highest BCUT2D eigenvalue weighted by atomic mass is 16.6. The highest BCUT2D eigenvalue weighted by Gasteiger charge is 2.94. The average molecular weight is 218 g/mol. The van der Waals surface area contributed by atoms with Gasteiger partial charge in [0.15, 0.2) is 0 Å². The molecule has 16 heavy (non-hydrogen) atoms. The van der Waals surface area contributed by atoms with Gasteiger partial charge in [0.2, 0.25) is 0 Å². The summed E-state index contributed by atoms with van der Waals surface area (Å²) >= 11 is 0. The molecule has 5 saturated carbocycles. The van der Waals surface area contributed by atoms with Crippen molar-refractivity contribution in [3.05, 3.63) is 0 Å². The van der Waals surface area contributed by atoms with Crippen molar-refractivity contribution in [2.45, 2.75) is 58.7 Å². The molecule has 6 bridgehead atoms.